The van der Waals surface area contributed by atoms with E-state index in [2.05, 4.69) is 4.98 Å². The van der Waals surface area contributed by atoms with Gasteiger partial charge in [-0.25, -0.2) is 17.8 Å². The van der Waals surface area contributed by atoms with Crippen LogP contribution in [0.5, 0.6) is 5.75 Å². The summed E-state index contributed by atoms with van der Waals surface area (Å²) in [5, 5.41) is -0.133. The van der Waals surface area contributed by atoms with Gasteiger partial charge in [-0.15, -0.1) is 0 Å². The van der Waals surface area contributed by atoms with Gasteiger partial charge in [0.15, 0.2) is 0 Å². The fourth-order valence-corrected chi connectivity index (χ4v) is 5.26. The lowest BCUT2D eigenvalue weighted by atomic mass is 10.1. The molecular formula is C23H24FN3O4S. The second kappa shape index (κ2) is 8.76. The van der Waals surface area contributed by atoms with Gasteiger partial charge in [-0.05, 0) is 49.2 Å². The Kier molecular flexibility index (Phi) is 6.03. The Labute approximate surface area is 186 Å². The van der Waals surface area contributed by atoms with Crippen LogP contribution in [0.25, 0.3) is 11.8 Å². The molecule has 0 aliphatic carbocycles. The van der Waals surface area contributed by atoms with E-state index in [0.29, 0.717) is 16.9 Å². The van der Waals surface area contributed by atoms with Gasteiger partial charge < -0.3 is 14.0 Å². The largest absolute Gasteiger partial charge is 0.495 e. The number of imidazole rings is 1. The van der Waals surface area contributed by atoms with Crippen molar-refractivity contribution in [2.75, 3.05) is 20.3 Å². The SMILES string of the molecule is COc1cc(/C=C2\OCCN(C(C)c3ccc(F)cc3)S2(=O)=O)ccc1-n1cnc(C)c1. The molecule has 0 bridgehead atoms. The van der Waals surface area contributed by atoms with Gasteiger partial charge in [0.1, 0.15) is 18.2 Å². The molecule has 0 spiro atoms. The van der Waals surface area contributed by atoms with Crippen LogP contribution in [0.1, 0.15) is 29.8 Å². The number of aryl methyl sites for hydroxylation is 1. The Hall–Kier alpha value is -3.17. The zero-order valence-electron chi connectivity index (χ0n) is 18.0. The minimum atomic E-state index is -3.88. The van der Waals surface area contributed by atoms with Gasteiger partial charge in [0.2, 0.25) is 5.09 Å². The summed E-state index contributed by atoms with van der Waals surface area (Å²) < 4.78 is 54.0. The quantitative estimate of drug-likeness (QED) is 0.578. The van der Waals surface area contributed by atoms with Crippen molar-refractivity contribution in [3.8, 4) is 11.4 Å². The molecule has 2 heterocycles. The summed E-state index contributed by atoms with van der Waals surface area (Å²) in [5.41, 5.74) is 2.99. The molecule has 0 radical (unpaired) electrons. The molecule has 3 aromatic rings. The molecule has 9 heteroatoms. The van der Waals surface area contributed by atoms with Crippen LogP contribution in [0.15, 0.2) is 60.1 Å². The molecule has 1 unspecified atom stereocenters. The van der Waals surface area contributed by atoms with Gasteiger partial charge in [-0.3, -0.25) is 0 Å². The lowest BCUT2D eigenvalue weighted by molar-refractivity contribution is 0.168. The molecule has 168 valence electrons. The molecule has 0 saturated carbocycles. The molecule has 1 aromatic heterocycles. The van der Waals surface area contributed by atoms with Crippen molar-refractivity contribution >= 4 is 16.1 Å². The minimum absolute atomic E-state index is 0.133. The van der Waals surface area contributed by atoms with Gasteiger partial charge in [0.05, 0.1) is 24.8 Å². The third kappa shape index (κ3) is 4.26. The summed E-state index contributed by atoms with van der Waals surface area (Å²) in [7, 11) is -2.32. The highest BCUT2D eigenvalue weighted by atomic mass is 32.2. The summed E-state index contributed by atoms with van der Waals surface area (Å²) in [4.78, 5) is 4.23. The smallest absolute Gasteiger partial charge is 0.276 e. The van der Waals surface area contributed by atoms with E-state index < -0.39 is 16.1 Å². The van der Waals surface area contributed by atoms with Crippen molar-refractivity contribution in [3.63, 3.8) is 0 Å². The highest BCUT2D eigenvalue weighted by Crippen LogP contribution is 2.32. The van der Waals surface area contributed by atoms with Crippen LogP contribution in [0.3, 0.4) is 0 Å². The number of hydrogen-bond donors (Lipinski definition) is 0. The highest BCUT2D eigenvalue weighted by Gasteiger charge is 2.36. The van der Waals surface area contributed by atoms with Crippen molar-refractivity contribution < 1.29 is 22.3 Å². The summed E-state index contributed by atoms with van der Waals surface area (Å²) in [6.45, 7) is 4.10. The number of sulfonamides is 1. The summed E-state index contributed by atoms with van der Waals surface area (Å²) in [6, 6.07) is 10.7. The highest BCUT2D eigenvalue weighted by molar-refractivity contribution is 7.93. The molecule has 1 saturated heterocycles. The van der Waals surface area contributed by atoms with Gasteiger partial charge in [-0.1, -0.05) is 18.2 Å². The maximum atomic E-state index is 13.3. The first kappa shape index (κ1) is 22.0. The molecular weight excluding hydrogens is 433 g/mol. The summed E-state index contributed by atoms with van der Waals surface area (Å²) in [5.74, 6) is 0.205. The number of nitrogens with zero attached hydrogens (tertiary/aromatic N) is 3. The van der Waals surface area contributed by atoms with E-state index >= 15 is 0 Å². The van der Waals surface area contributed by atoms with E-state index in [-0.39, 0.29) is 24.1 Å². The molecule has 1 atom stereocenters. The zero-order chi connectivity index (χ0) is 22.9. The third-order valence-electron chi connectivity index (χ3n) is 5.38. The van der Waals surface area contributed by atoms with E-state index in [9.17, 15) is 12.8 Å². The van der Waals surface area contributed by atoms with E-state index in [1.165, 1.54) is 22.5 Å². The van der Waals surface area contributed by atoms with Crippen LogP contribution in [-0.2, 0) is 14.8 Å². The van der Waals surface area contributed by atoms with Gasteiger partial charge in [0.25, 0.3) is 10.0 Å². The average molecular weight is 458 g/mol. The number of ether oxygens (including phenoxy) is 2. The van der Waals surface area contributed by atoms with Gasteiger partial charge in [-0.2, -0.15) is 4.31 Å². The Morgan fingerprint density at radius 1 is 1.22 bits per heavy atom. The van der Waals surface area contributed by atoms with Crippen molar-refractivity contribution in [3.05, 3.63) is 82.7 Å². The molecule has 0 amide bonds. The van der Waals surface area contributed by atoms with E-state index in [0.717, 1.165) is 11.4 Å². The maximum absolute atomic E-state index is 13.3. The number of halogens is 1. The van der Waals surface area contributed by atoms with Crippen LogP contribution >= 0.6 is 0 Å². The second-order valence-electron chi connectivity index (χ2n) is 7.51. The first-order chi connectivity index (χ1) is 15.3. The molecule has 1 aliphatic heterocycles. The van der Waals surface area contributed by atoms with E-state index in [4.69, 9.17) is 9.47 Å². The first-order valence-corrected chi connectivity index (χ1v) is 11.5. The summed E-state index contributed by atoms with van der Waals surface area (Å²) in [6.07, 6.45) is 5.05. The first-order valence-electron chi connectivity index (χ1n) is 10.1. The Morgan fingerprint density at radius 3 is 2.62 bits per heavy atom. The number of rotatable bonds is 5. The third-order valence-corrected chi connectivity index (χ3v) is 7.24. The summed E-state index contributed by atoms with van der Waals surface area (Å²) >= 11 is 0. The van der Waals surface area contributed by atoms with Crippen LogP contribution < -0.4 is 4.74 Å². The topological polar surface area (TPSA) is 73.7 Å². The molecule has 7 nitrogen and oxygen atoms in total. The second-order valence-corrected chi connectivity index (χ2v) is 9.33. The van der Waals surface area contributed by atoms with Crippen molar-refractivity contribution in [2.45, 2.75) is 19.9 Å². The predicted molar refractivity (Wildman–Crippen MR) is 119 cm³/mol. The Bertz CT molecular complexity index is 1250. The van der Waals surface area contributed by atoms with E-state index in [1.54, 1.807) is 44.6 Å². The molecule has 1 fully saturated rings. The van der Waals surface area contributed by atoms with Crippen LogP contribution in [0.4, 0.5) is 4.39 Å². The molecule has 4 rings (SSSR count). The normalized spacial score (nSPS) is 18.3. The van der Waals surface area contributed by atoms with Crippen LogP contribution in [0.2, 0.25) is 0 Å². The van der Waals surface area contributed by atoms with Crippen LogP contribution in [-0.4, -0.2) is 42.5 Å². The van der Waals surface area contributed by atoms with Crippen molar-refractivity contribution in [2.24, 2.45) is 0 Å². The molecule has 0 N–H and O–H groups in total. The molecule has 32 heavy (non-hydrogen) atoms. The monoisotopic (exact) mass is 457 g/mol. The average Bonchev–Trinajstić information content (AvgIpc) is 3.21. The van der Waals surface area contributed by atoms with Crippen molar-refractivity contribution in [1.82, 2.24) is 13.9 Å². The number of aromatic nitrogens is 2. The maximum Gasteiger partial charge on any atom is 0.276 e. The lowest BCUT2D eigenvalue weighted by Gasteiger charge is -2.33. The fourth-order valence-electron chi connectivity index (χ4n) is 3.66. The van der Waals surface area contributed by atoms with E-state index in [1.807, 2.05) is 23.8 Å². The number of methoxy groups -OCH3 is 1. The lowest BCUT2D eigenvalue weighted by Crippen LogP contribution is -2.41. The standard InChI is InChI=1S/C23H24FN3O4S/c1-16-14-26(15-25-16)21-9-4-18(12-22(21)30-3)13-23-31-11-10-27(32(23,28)29)17(2)19-5-7-20(24)8-6-19/h4-9,12-15,17H,10-11H2,1-3H3/b23-13+. The zero-order valence-corrected chi connectivity index (χ0v) is 18.8. The number of benzene rings is 2. The number of hydrogen-bond acceptors (Lipinski definition) is 5. The Morgan fingerprint density at radius 2 is 1.97 bits per heavy atom. The predicted octanol–water partition coefficient (Wildman–Crippen LogP) is 4.05. The molecule has 1 aliphatic rings. The Balaban J connectivity index is 1.65. The van der Waals surface area contributed by atoms with Gasteiger partial charge >= 0.3 is 0 Å². The fraction of sp³-hybridized carbons (Fsp3) is 0.261. The minimum Gasteiger partial charge on any atom is -0.495 e. The molecule has 2 aromatic carbocycles. The van der Waals surface area contributed by atoms with Crippen molar-refractivity contribution in [1.29, 1.82) is 0 Å². The van der Waals surface area contributed by atoms with Gasteiger partial charge in [0, 0.05) is 24.9 Å². The van der Waals surface area contributed by atoms with Crippen LogP contribution in [0, 0.1) is 12.7 Å².